The second-order valence-electron chi connectivity index (χ2n) is 11.5. The number of hydrogen-bond donors (Lipinski definition) is 5. The second kappa shape index (κ2) is 14.0. The third kappa shape index (κ3) is 8.22. The molecule has 1 unspecified atom stereocenters. The van der Waals surface area contributed by atoms with Crippen LogP contribution >= 0.6 is 0 Å². The molecule has 7 N–H and O–H groups in total. The first-order valence-corrected chi connectivity index (χ1v) is 14.0. The van der Waals surface area contributed by atoms with Gasteiger partial charge in [-0.05, 0) is 30.7 Å². The topological polar surface area (TPSA) is 180 Å². The lowest BCUT2D eigenvalue weighted by atomic mass is 9.69. The van der Waals surface area contributed by atoms with Crippen LogP contribution in [-0.4, -0.2) is 103 Å². The minimum atomic E-state index is -3.18. The molecule has 1 aromatic carbocycles. The van der Waals surface area contributed by atoms with E-state index in [1.807, 2.05) is 44.2 Å². The summed E-state index contributed by atoms with van der Waals surface area (Å²) in [7, 11) is 0. The van der Waals surface area contributed by atoms with Gasteiger partial charge in [-0.2, -0.15) is 0 Å². The third-order valence-corrected chi connectivity index (χ3v) is 7.72. The number of nitrogens with two attached hydrogens (primary N) is 2. The van der Waals surface area contributed by atoms with Crippen molar-refractivity contribution in [2.24, 2.45) is 22.8 Å². The molecule has 2 aliphatic heterocycles. The van der Waals surface area contributed by atoms with Gasteiger partial charge in [0.2, 0.25) is 29.5 Å². The van der Waals surface area contributed by atoms with E-state index in [0.717, 1.165) is 10.5 Å². The normalized spacial score (nSPS) is 18.5. The molecule has 232 valence electrons. The number of benzene rings is 1. The molecule has 2 aliphatic rings. The van der Waals surface area contributed by atoms with E-state index in [0.29, 0.717) is 6.42 Å². The van der Waals surface area contributed by atoms with Gasteiger partial charge in [0, 0.05) is 19.6 Å². The summed E-state index contributed by atoms with van der Waals surface area (Å²) in [6, 6.07) is 7.35. The van der Waals surface area contributed by atoms with Crippen LogP contribution in [0.25, 0.3) is 0 Å². The van der Waals surface area contributed by atoms with Crippen LogP contribution in [0.1, 0.15) is 32.3 Å². The number of amides is 5. The number of hydrogen-bond acceptors (Lipinski definition) is 7. The molecule has 0 saturated carbocycles. The fourth-order valence-electron chi connectivity index (χ4n) is 5.22. The smallest absolute Gasteiger partial charge is 0.274 e. The van der Waals surface area contributed by atoms with E-state index >= 15 is 0 Å². The number of rotatable bonds is 12. The maximum absolute atomic E-state index is 14.9. The molecule has 5 amide bonds. The van der Waals surface area contributed by atoms with Crippen molar-refractivity contribution < 1.29 is 32.8 Å². The predicted molar refractivity (Wildman–Crippen MR) is 150 cm³/mol. The molecule has 42 heavy (non-hydrogen) atoms. The quantitative estimate of drug-likeness (QED) is 0.206. The highest BCUT2D eigenvalue weighted by atomic mass is 19.3. The zero-order valence-electron chi connectivity index (χ0n) is 24.0. The molecule has 2 saturated heterocycles. The molecule has 1 spiro atoms. The van der Waals surface area contributed by atoms with Crippen LogP contribution < -0.4 is 27.4 Å². The summed E-state index contributed by atoms with van der Waals surface area (Å²) in [4.78, 5) is 64.4. The Morgan fingerprint density at radius 1 is 0.929 bits per heavy atom. The SMILES string of the molecule is CC(C)CC(NC(=O)CNC(=O)[C@H](N)Cc1ccccc1)C(=O)NCC(=O)N1CC2(CCN(C(=O)CN)CC2(F)F)C1. The number of nitrogens with zero attached hydrogens (tertiary/aromatic N) is 2. The first-order chi connectivity index (χ1) is 19.8. The number of alkyl halides is 2. The molecule has 2 atom stereocenters. The van der Waals surface area contributed by atoms with E-state index in [9.17, 15) is 32.8 Å². The highest BCUT2D eigenvalue weighted by Crippen LogP contribution is 2.50. The average molecular weight is 594 g/mol. The van der Waals surface area contributed by atoms with E-state index in [4.69, 9.17) is 11.5 Å². The van der Waals surface area contributed by atoms with E-state index in [1.54, 1.807) is 0 Å². The minimum absolute atomic E-state index is 0.0140. The monoisotopic (exact) mass is 593 g/mol. The first-order valence-electron chi connectivity index (χ1n) is 14.0. The Morgan fingerprint density at radius 3 is 2.17 bits per heavy atom. The van der Waals surface area contributed by atoms with Crippen LogP contribution in [0.4, 0.5) is 8.78 Å². The lowest BCUT2D eigenvalue weighted by Crippen LogP contribution is -2.72. The molecule has 0 radical (unpaired) electrons. The Balaban J connectivity index is 1.45. The Labute approximate surface area is 243 Å². The highest BCUT2D eigenvalue weighted by molar-refractivity contribution is 5.92. The standard InChI is InChI=1S/C28H41F2N7O5/c1-18(2)10-21(35-22(38)13-33-25(41)20(32)11-19-6-4-3-5-7-19)26(42)34-14-24(40)37-15-27(16-37)8-9-36(23(39)12-31)17-28(27,29)30/h3-7,18,20-21H,8-17,31-32H2,1-2H3,(H,33,41)(H,34,42)(H,35,38)/t20-,21?/m1/s1. The van der Waals surface area contributed by atoms with Gasteiger partial charge in [0.1, 0.15) is 6.04 Å². The Hall–Kier alpha value is -3.65. The summed E-state index contributed by atoms with van der Waals surface area (Å²) in [6.45, 7) is 1.59. The fraction of sp³-hybridized carbons (Fsp3) is 0.607. The van der Waals surface area contributed by atoms with Crippen LogP contribution in [0.3, 0.4) is 0 Å². The Morgan fingerprint density at radius 2 is 1.57 bits per heavy atom. The van der Waals surface area contributed by atoms with Gasteiger partial charge >= 0.3 is 0 Å². The summed E-state index contributed by atoms with van der Waals surface area (Å²) in [5, 5.41) is 7.53. The van der Waals surface area contributed by atoms with Crippen molar-refractivity contribution in [2.75, 3.05) is 45.8 Å². The lowest BCUT2D eigenvalue weighted by molar-refractivity contribution is -0.223. The minimum Gasteiger partial charge on any atom is -0.346 e. The van der Waals surface area contributed by atoms with Crippen LogP contribution in [-0.2, 0) is 30.4 Å². The zero-order chi connectivity index (χ0) is 31.1. The van der Waals surface area contributed by atoms with E-state index in [2.05, 4.69) is 16.0 Å². The molecule has 12 nitrogen and oxygen atoms in total. The molecule has 0 aromatic heterocycles. The van der Waals surface area contributed by atoms with Crippen molar-refractivity contribution in [3.63, 3.8) is 0 Å². The Bertz CT molecular complexity index is 1140. The van der Waals surface area contributed by atoms with Crippen molar-refractivity contribution in [1.29, 1.82) is 0 Å². The summed E-state index contributed by atoms with van der Waals surface area (Å²) in [6.07, 6.45) is 0.602. The van der Waals surface area contributed by atoms with Gasteiger partial charge in [0.15, 0.2) is 0 Å². The largest absolute Gasteiger partial charge is 0.346 e. The second-order valence-corrected chi connectivity index (χ2v) is 11.5. The lowest BCUT2D eigenvalue weighted by Gasteiger charge is -2.57. The molecule has 0 aliphatic carbocycles. The molecule has 0 bridgehead atoms. The molecular weight excluding hydrogens is 552 g/mol. The average Bonchev–Trinajstić information content (AvgIpc) is 2.92. The van der Waals surface area contributed by atoms with Gasteiger partial charge in [0.25, 0.3) is 5.92 Å². The van der Waals surface area contributed by atoms with Gasteiger partial charge in [-0.15, -0.1) is 0 Å². The summed E-state index contributed by atoms with van der Waals surface area (Å²) < 4.78 is 29.8. The summed E-state index contributed by atoms with van der Waals surface area (Å²) in [5.41, 5.74) is 10.7. The number of nitrogens with one attached hydrogen (secondary N) is 3. The number of carbonyl (C=O) groups is 5. The van der Waals surface area contributed by atoms with Gasteiger partial charge in [-0.25, -0.2) is 8.78 Å². The number of likely N-dealkylation sites (tertiary alicyclic amines) is 2. The maximum Gasteiger partial charge on any atom is 0.274 e. The van der Waals surface area contributed by atoms with Gasteiger partial charge in [0.05, 0.1) is 37.6 Å². The van der Waals surface area contributed by atoms with Crippen molar-refractivity contribution in [1.82, 2.24) is 25.8 Å². The maximum atomic E-state index is 14.9. The number of carbonyl (C=O) groups excluding carboxylic acids is 5. The fourth-order valence-corrected chi connectivity index (χ4v) is 5.22. The number of piperidine rings is 1. The summed E-state index contributed by atoms with van der Waals surface area (Å²) >= 11 is 0. The predicted octanol–water partition coefficient (Wildman–Crippen LogP) is -1.03. The Kier molecular flexibility index (Phi) is 11.0. The highest BCUT2D eigenvalue weighted by Gasteiger charge is 2.63. The molecule has 3 rings (SSSR count). The zero-order valence-corrected chi connectivity index (χ0v) is 24.0. The van der Waals surface area contributed by atoms with Crippen molar-refractivity contribution >= 4 is 29.5 Å². The van der Waals surface area contributed by atoms with Crippen molar-refractivity contribution in [3.05, 3.63) is 35.9 Å². The van der Waals surface area contributed by atoms with Crippen molar-refractivity contribution in [2.45, 2.75) is 51.1 Å². The van der Waals surface area contributed by atoms with Crippen molar-refractivity contribution in [3.8, 4) is 0 Å². The molecule has 2 fully saturated rings. The van der Waals surface area contributed by atoms with Crippen LogP contribution in [0.5, 0.6) is 0 Å². The van der Waals surface area contributed by atoms with E-state index < -0.39 is 66.0 Å². The van der Waals surface area contributed by atoms with Crippen LogP contribution in [0.2, 0.25) is 0 Å². The third-order valence-electron chi connectivity index (χ3n) is 7.72. The number of halogens is 2. The first kappa shape index (κ1) is 32.9. The van der Waals surface area contributed by atoms with Crippen LogP contribution in [0, 0.1) is 11.3 Å². The van der Waals surface area contributed by atoms with Crippen LogP contribution in [0.15, 0.2) is 30.3 Å². The van der Waals surface area contributed by atoms with E-state index in [1.165, 1.54) is 4.90 Å². The van der Waals surface area contributed by atoms with Gasteiger partial charge < -0.3 is 37.2 Å². The van der Waals surface area contributed by atoms with E-state index in [-0.39, 0.29) is 51.5 Å². The van der Waals surface area contributed by atoms with Gasteiger partial charge in [-0.1, -0.05) is 44.2 Å². The molecule has 14 heteroatoms. The van der Waals surface area contributed by atoms with Gasteiger partial charge in [-0.3, -0.25) is 24.0 Å². The summed E-state index contributed by atoms with van der Waals surface area (Å²) in [5.74, 6) is -5.96. The molecular formula is C28H41F2N7O5. The molecule has 2 heterocycles. The molecule has 1 aromatic rings.